The number of nitrogens with one attached hydrogen (secondary N) is 1. The average molecular weight is 341 g/mol. The van der Waals surface area contributed by atoms with Crippen molar-refractivity contribution in [1.29, 1.82) is 0 Å². The molecule has 1 fully saturated rings. The number of rotatable bonds is 7. The molecule has 1 heterocycles. The Morgan fingerprint density at radius 3 is 2.70 bits per heavy atom. The molecule has 0 radical (unpaired) electrons. The van der Waals surface area contributed by atoms with Crippen molar-refractivity contribution in [1.82, 2.24) is 14.7 Å². The molecule has 23 heavy (non-hydrogen) atoms. The van der Waals surface area contributed by atoms with Gasteiger partial charge in [-0.3, -0.25) is 9.78 Å². The summed E-state index contributed by atoms with van der Waals surface area (Å²) in [6.45, 7) is 1.69. The second-order valence-electron chi connectivity index (χ2n) is 5.96. The van der Waals surface area contributed by atoms with Crippen molar-refractivity contribution in [3.63, 3.8) is 0 Å². The van der Waals surface area contributed by atoms with Gasteiger partial charge in [0.15, 0.2) is 5.03 Å². The van der Waals surface area contributed by atoms with E-state index in [1.807, 2.05) is 0 Å². The molecule has 0 spiro atoms. The summed E-state index contributed by atoms with van der Waals surface area (Å²) in [7, 11) is -2.46. The molecule has 1 aromatic rings. The van der Waals surface area contributed by atoms with Crippen molar-refractivity contribution in [3.8, 4) is 0 Å². The molecule has 128 valence electrons. The van der Waals surface area contributed by atoms with Crippen LogP contribution in [0.5, 0.6) is 0 Å². The van der Waals surface area contributed by atoms with Crippen molar-refractivity contribution in [2.75, 3.05) is 13.7 Å². The quantitative estimate of drug-likeness (QED) is 0.753. The predicted molar refractivity (Wildman–Crippen MR) is 84.0 cm³/mol. The summed E-state index contributed by atoms with van der Waals surface area (Å²) in [5.74, 6) is -0.395. The maximum Gasteiger partial charge on any atom is 0.309 e. The molecule has 1 unspecified atom stereocenters. The number of nitrogens with zero attached hydrogens (tertiary/aromatic N) is 2. The minimum atomic E-state index is -3.78. The van der Waals surface area contributed by atoms with Crippen molar-refractivity contribution in [2.24, 2.45) is 11.8 Å². The number of ether oxygens (including phenoxy) is 1. The zero-order valence-electron chi connectivity index (χ0n) is 13.5. The van der Waals surface area contributed by atoms with Crippen molar-refractivity contribution in [2.45, 2.75) is 44.1 Å². The number of hydrogen-bond acceptors (Lipinski definition) is 6. The molecule has 0 aromatic carbocycles. The normalized spacial score (nSPS) is 17.1. The number of aromatic nitrogens is 2. The highest BCUT2D eigenvalue weighted by Crippen LogP contribution is 2.30. The first-order chi connectivity index (χ1) is 10.9. The van der Waals surface area contributed by atoms with E-state index < -0.39 is 15.9 Å². The smallest absolute Gasteiger partial charge is 0.309 e. The zero-order valence-corrected chi connectivity index (χ0v) is 14.3. The Morgan fingerprint density at radius 1 is 1.39 bits per heavy atom. The van der Waals surface area contributed by atoms with Gasteiger partial charge in [0.05, 0.1) is 24.9 Å². The number of aryl methyl sites for hydroxylation is 1. The summed E-state index contributed by atoms with van der Waals surface area (Å²) < 4.78 is 31.8. The van der Waals surface area contributed by atoms with Crippen LogP contribution in [0.2, 0.25) is 0 Å². The third-order valence-corrected chi connectivity index (χ3v) is 5.45. The summed E-state index contributed by atoms with van der Waals surface area (Å²) in [5, 5.41) is -0.137. The number of hydrogen-bond donors (Lipinski definition) is 1. The van der Waals surface area contributed by atoms with E-state index in [-0.39, 0.29) is 17.5 Å². The fraction of sp³-hybridized carbons (Fsp3) is 0.667. The van der Waals surface area contributed by atoms with Crippen LogP contribution in [-0.4, -0.2) is 38.0 Å². The van der Waals surface area contributed by atoms with E-state index in [1.165, 1.54) is 32.3 Å². The summed E-state index contributed by atoms with van der Waals surface area (Å²) in [6.07, 6.45) is 7.84. The van der Waals surface area contributed by atoms with Crippen LogP contribution < -0.4 is 4.72 Å². The molecule has 1 aromatic heterocycles. The number of carbonyl (C=O) groups is 1. The van der Waals surface area contributed by atoms with Gasteiger partial charge < -0.3 is 4.74 Å². The highest BCUT2D eigenvalue weighted by molar-refractivity contribution is 7.89. The lowest BCUT2D eigenvalue weighted by molar-refractivity contribution is -0.145. The lowest BCUT2D eigenvalue weighted by Crippen LogP contribution is -2.35. The first-order valence-corrected chi connectivity index (χ1v) is 9.27. The van der Waals surface area contributed by atoms with E-state index in [9.17, 15) is 13.2 Å². The summed E-state index contributed by atoms with van der Waals surface area (Å²) in [5.41, 5.74) is 0.517. The molecule has 1 saturated carbocycles. The lowest BCUT2D eigenvalue weighted by atomic mass is 9.93. The minimum absolute atomic E-state index is 0.0150. The maximum absolute atomic E-state index is 12.3. The van der Waals surface area contributed by atoms with E-state index in [4.69, 9.17) is 4.74 Å². The minimum Gasteiger partial charge on any atom is -0.469 e. The van der Waals surface area contributed by atoms with Gasteiger partial charge in [0.1, 0.15) is 0 Å². The van der Waals surface area contributed by atoms with E-state index >= 15 is 0 Å². The molecule has 8 heteroatoms. The van der Waals surface area contributed by atoms with Crippen LogP contribution in [0.4, 0.5) is 0 Å². The van der Waals surface area contributed by atoms with Gasteiger partial charge in [-0.05, 0) is 19.3 Å². The highest BCUT2D eigenvalue weighted by atomic mass is 32.2. The third kappa shape index (κ3) is 4.97. The SMILES string of the molecule is COC(=O)C(CNS(=O)(=O)c1cncc(C)n1)CC1CCCC1. The van der Waals surface area contributed by atoms with E-state index in [0.717, 1.165) is 12.8 Å². The number of esters is 1. The van der Waals surface area contributed by atoms with Gasteiger partial charge >= 0.3 is 5.97 Å². The zero-order chi connectivity index (χ0) is 16.9. The molecule has 0 amide bonds. The second-order valence-corrected chi connectivity index (χ2v) is 7.67. The molecule has 0 bridgehead atoms. The first-order valence-electron chi connectivity index (χ1n) is 7.78. The molecule has 1 atom stereocenters. The maximum atomic E-state index is 12.3. The molecular weight excluding hydrogens is 318 g/mol. The monoisotopic (exact) mass is 341 g/mol. The van der Waals surface area contributed by atoms with E-state index in [1.54, 1.807) is 6.92 Å². The van der Waals surface area contributed by atoms with Crippen LogP contribution >= 0.6 is 0 Å². The van der Waals surface area contributed by atoms with Crippen molar-refractivity contribution < 1.29 is 17.9 Å². The van der Waals surface area contributed by atoms with Crippen LogP contribution in [0.15, 0.2) is 17.4 Å². The van der Waals surface area contributed by atoms with Gasteiger partial charge in [0.25, 0.3) is 10.0 Å². The summed E-state index contributed by atoms with van der Waals surface area (Å²) in [6, 6.07) is 0. The molecule has 2 rings (SSSR count). The first kappa shape index (κ1) is 17.8. The van der Waals surface area contributed by atoms with Gasteiger partial charge in [-0.2, -0.15) is 0 Å². The lowest BCUT2D eigenvalue weighted by Gasteiger charge is -2.18. The highest BCUT2D eigenvalue weighted by Gasteiger charge is 2.28. The van der Waals surface area contributed by atoms with Gasteiger partial charge in [-0.25, -0.2) is 18.1 Å². The Hall–Kier alpha value is -1.54. The van der Waals surface area contributed by atoms with Crippen molar-refractivity contribution in [3.05, 3.63) is 18.1 Å². The predicted octanol–water partition coefficient (Wildman–Crippen LogP) is 1.43. The second kappa shape index (κ2) is 7.83. The van der Waals surface area contributed by atoms with Gasteiger partial charge in [0, 0.05) is 12.7 Å². The van der Waals surface area contributed by atoms with Crippen LogP contribution in [0.3, 0.4) is 0 Å². The number of methoxy groups -OCH3 is 1. The largest absolute Gasteiger partial charge is 0.469 e. The Balaban J connectivity index is 2.03. The Labute approximate surface area is 136 Å². The fourth-order valence-corrected chi connectivity index (χ4v) is 3.96. The Kier molecular flexibility index (Phi) is 6.06. The van der Waals surface area contributed by atoms with E-state index in [2.05, 4.69) is 14.7 Å². The average Bonchev–Trinajstić information content (AvgIpc) is 3.03. The molecule has 1 aliphatic carbocycles. The van der Waals surface area contributed by atoms with Crippen LogP contribution in [-0.2, 0) is 19.6 Å². The summed E-state index contributed by atoms with van der Waals surface area (Å²) >= 11 is 0. The van der Waals surface area contributed by atoms with Gasteiger partial charge in [-0.1, -0.05) is 25.7 Å². The van der Waals surface area contributed by atoms with E-state index in [0.29, 0.717) is 18.0 Å². The molecule has 1 N–H and O–H groups in total. The number of carbonyl (C=O) groups excluding carboxylic acids is 1. The summed E-state index contributed by atoms with van der Waals surface area (Å²) in [4.78, 5) is 19.7. The topological polar surface area (TPSA) is 98.2 Å². The van der Waals surface area contributed by atoms with Crippen molar-refractivity contribution >= 4 is 16.0 Å². The Bertz CT molecular complexity index is 642. The standard InChI is InChI=1S/C15H23N3O4S/c1-11-8-16-10-14(18-11)23(20,21)17-9-13(15(19)22-2)7-12-5-3-4-6-12/h8,10,12-13,17H,3-7,9H2,1-2H3. The van der Waals surface area contributed by atoms with Crippen LogP contribution in [0, 0.1) is 18.8 Å². The molecule has 0 aliphatic heterocycles. The third-order valence-electron chi connectivity index (χ3n) is 4.16. The fourth-order valence-electron chi connectivity index (χ4n) is 2.93. The van der Waals surface area contributed by atoms with Gasteiger partial charge in [0.2, 0.25) is 0 Å². The van der Waals surface area contributed by atoms with Gasteiger partial charge in [-0.15, -0.1) is 0 Å². The molecule has 0 saturated heterocycles. The molecular formula is C15H23N3O4S. The molecule has 7 nitrogen and oxygen atoms in total. The Morgan fingerprint density at radius 2 is 2.09 bits per heavy atom. The molecule has 1 aliphatic rings. The van der Waals surface area contributed by atoms with Crippen LogP contribution in [0.1, 0.15) is 37.8 Å². The number of sulfonamides is 1. The van der Waals surface area contributed by atoms with Crippen LogP contribution in [0.25, 0.3) is 0 Å².